The van der Waals surface area contributed by atoms with Gasteiger partial charge in [-0.3, -0.25) is 28.9 Å². The maximum Gasteiger partial charge on any atom is 0.332 e. The number of aliphatic hydroxyl groups is 1. The van der Waals surface area contributed by atoms with Crippen LogP contribution in [-0.4, -0.2) is 69.4 Å². The zero-order valence-electron chi connectivity index (χ0n) is 17.0. The molecule has 1 aromatic carbocycles. The number of nitro groups is 1. The van der Waals surface area contributed by atoms with Gasteiger partial charge in [-0.25, -0.2) is 4.79 Å². The molecule has 1 aromatic heterocycles. The van der Waals surface area contributed by atoms with Crippen LogP contribution in [0.5, 0.6) is 0 Å². The molecule has 0 aliphatic carbocycles. The van der Waals surface area contributed by atoms with E-state index in [1.807, 2.05) is 4.90 Å². The van der Waals surface area contributed by atoms with Gasteiger partial charge in [-0.15, -0.1) is 0 Å². The zero-order chi connectivity index (χ0) is 21.8. The van der Waals surface area contributed by atoms with Crippen LogP contribution < -0.4 is 21.5 Å². The van der Waals surface area contributed by atoms with E-state index in [2.05, 4.69) is 10.2 Å². The van der Waals surface area contributed by atoms with E-state index in [0.29, 0.717) is 50.8 Å². The fourth-order valence-electron chi connectivity index (χ4n) is 3.48. The number of nitrogens with one attached hydrogen (secondary N) is 1. The molecule has 11 nitrogen and oxygen atoms in total. The SMILES string of the molecule is Cn1c(N2CCN(CC(O)CNc3ccc([N+](=O)[O-])cc3)CC2)cc(=O)n(C)c1=O. The van der Waals surface area contributed by atoms with E-state index in [-0.39, 0.29) is 16.9 Å². The van der Waals surface area contributed by atoms with Crippen LogP contribution >= 0.6 is 0 Å². The van der Waals surface area contributed by atoms with Gasteiger partial charge in [-0.05, 0) is 12.1 Å². The summed E-state index contributed by atoms with van der Waals surface area (Å²) in [6.07, 6.45) is -0.611. The van der Waals surface area contributed by atoms with E-state index >= 15 is 0 Å². The van der Waals surface area contributed by atoms with Gasteiger partial charge in [0.15, 0.2) is 0 Å². The van der Waals surface area contributed by atoms with Gasteiger partial charge in [0, 0.05) is 77.3 Å². The molecule has 2 N–H and O–H groups in total. The Balaban J connectivity index is 1.49. The van der Waals surface area contributed by atoms with Crippen molar-refractivity contribution >= 4 is 17.2 Å². The third-order valence-corrected chi connectivity index (χ3v) is 5.29. The van der Waals surface area contributed by atoms with Crippen molar-refractivity contribution in [2.24, 2.45) is 14.1 Å². The molecule has 1 unspecified atom stereocenters. The van der Waals surface area contributed by atoms with Crippen LogP contribution in [0.25, 0.3) is 0 Å². The van der Waals surface area contributed by atoms with Gasteiger partial charge in [0.05, 0.1) is 11.0 Å². The first-order valence-corrected chi connectivity index (χ1v) is 9.67. The lowest BCUT2D eigenvalue weighted by Crippen LogP contribution is -2.51. The number of nitro benzene ring substituents is 1. The summed E-state index contributed by atoms with van der Waals surface area (Å²) in [6, 6.07) is 7.52. The number of rotatable bonds is 7. The average Bonchev–Trinajstić information content (AvgIpc) is 2.74. The highest BCUT2D eigenvalue weighted by Gasteiger charge is 2.21. The van der Waals surface area contributed by atoms with Crippen LogP contribution in [0.3, 0.4) is 0 Å². The number of aromatic nitrogens is 2. The number of anilines is 2. The Bertz CT molecular complexity index is 1010. The lowest BCUT2D eigenvalue weighted by atomic mass is 10.2. The first-order chi connectivity index (χ1) is 14.3. The number of non-ortho nitro benzene ring substituents is 1. The van der Waals surface area contributed by atoms with Crippen molar-refractivity contribution in [3.05, 3.63) is 61.3 Å². The Kier molecular flexibility index (Phi) is 6.53. The summed E-state index contributed by atoms with van der Waals surface area (Å²) in [4.78, 5) is 38.4. The summed E-state index contributed by atoms with van der Waals surface area (Å²) in [6.45, 7) is 3.46. The molecule has 0 radical (unpaired) electrons. The monoisotopic (exact) mass is 418 g/mol. The smallest absolute Gasteiger partial charge is 0.332 e. The predicted molar refractivity (Wildman–Crippen MR) is 113 cm³/mol. The Hall–Kier alpha value is -3.18. The Morgan fingerprint density at radius 2 is 1.73 bits per heavy atom. The molecule has 11 heteroatoms. The van der Waals surface area contributed by atoms with Gasteiger partial charge in [-0.1, -0.05) is 0 Å². The zero-order valence-corrected chi connectivity index (χ0v) is 17.0. The topological polar surface area (TPSA) is 126 Å². The number of hydrogen-bond acceptors (Lipinski definition) is 8. The first-order valence-electron chi connectivity index (χ1n) is 9.67. The van der Waals surface area contributed by atoms with Gasteiger partial charge in [0.2, 0.25) is 0 Å². The number of piperazine rings is 1. The Labute approximate surface area is 172 Å². The van der Waals surface area contributed by atoms with E-state index in [4.69, 9.17) is 0 Å². The molecule has 1 aliphatic heterocycles. The number of nitrogens with zero attached hydrogens (tertiary/aromatic N) is 5. The molecular formula is C19H26N6O5. The minimum Gasteiger partial charge on any atom is -0.390 e. The van der Waals surface area contributed by atoms with Gasteiger partial charge in [0.25, 0.3) is 11.2 Å². The van der Waals surface area contributed by atoms with E-state index in [9.17, 15) is 24.8 Å². The summed E-state index contributed by atoms with van der Waals surface area (Å²) in [7, 11) is 3.11. The van der Waals surface area contributed by atoms with E-state index in [1.54, 1.807) is 19.2 Å². The molecule has 0 bridgehead atoms. The van der Waals surface area contributed by atoms with Crippen LogP contribution in [0.2, 0.25) is 0 Å². The van der Waals surface area contributed by atoms with Gasteiger partial charge in [0.1, 0.15) is 5.82 Å². The van der Waals surface area contributed by atoms with Crippen LogP contribution in [-0.2, 0) is 14.1 Å². The van der Waals surface area contributed by atoms with Gasteiger partial charge in [-0.2, -0.15) is 0 Å². The maximum absolute atomic E-state index is 12.1. The summed E-state index contributed by atoms with van der Waals surface area (Å²) in [5.74, 6) is 0.600. The molecule has 1 aliphatic rings. The molecule has 2 heterocycles. The lowest BCUT2D eigenvalue weighted by Gasteiger charge is -2.37. The van der Waals surface area contributed by atoms with Crippen LogP contribution in [0.1, 0.15) is 0 Å². The summed E-state index contributed by atoms with van der Waals surface area (Å²) < 4.78 is 2.55. The quantitative estimate of drug-likeness (QED) is 0.459. The molecule has 0 saturated carbocycles. The number of β-amino-alcohol motifs (C(OH)–C–C–N with tert-alkyl or cyclic N) is 1. The molecule has 1 atom stereocenters. The van der Waals surface area contributed by atoms with Crippen molar-refractivity contribution in [1.29, 1.82) is 0 Å². The predicted octanol–water partition coefficient (Wildman–Crippen LogP) is -0.413. The standard InChI is InChI=1S/C19H26N6O5/c1-21-17(11-18(27)22(2)19(21)28)24-9-7-23(8-10-24)13-16(26)12-20-14-3-5-15(6-4-14)25(29)30/h3-6,11,16,20,26H,7-10,12-13H2,1-2H3. The van der Waals surface area contributed by atoms with Crippen LogP contribution in [0.15, 0.2) is 39.9 Å². The summed E-state index contributed by atoms with van der Waals surface area (Å²) in [5, 5.41) is 24.1. The van der Waals surface area contributed by atoms with Gasteiger partial charge < -0.3 is 15.3 Å². The molecule has 1 fully saturated rings. The molecule has 2 aromatic rings. The second-order valence-corrected chi connectivity index (χ2v) is 7.37. The molecule has 3 rings (SSSR count). The molecule has 1 saturated heterocycles. The van der Waals surface area contributed by atoms with Crippen molar-refractivity contribution in [2.75, 3.05) is 49.5 Å². The highest BCUT2D eigenvalue weighted by atomic mass is 16.6. The third-order valence-electron chi connectivity index (χ3n) is 5.29. The van der Waals surface area contributed by atoms with E-state index in [1.165, 1.54) is 29.8 Å². The fraction of sp³-hybridized carbons (Fsp3) is 0.474. The van der Waals surface area contributed by atoms with Crippen LogP contribution in [0, 0.1) is 10.1 Å². The van der Waals surface area contributed by atoms with E-state index in [0.717, 1.165) is 4.57 Å². The van der Waals surface area contributed by atoms with Crippen molar-refractivity contribution < 1.29 is 10.0 Å². The third kappa shape index (κ3) is 4.86. The maximum atomic E-state index is 12.1. The highest BCUT2D eigenvalue weighted by Crippen LogP contribution is 2.16. The average molecular weight is 418 g/mol. The number of hydrogen-bond donors (Lipinski definition) is 2. The number of aliphatic hydroxyl groups excluding tert-OH is 1. The lowest BCUT2D eigenvalue weighted by molar-refractivity contribution is -0.384. The Morgan fingerprint density at radius 1 is 1.10 bits per heavy atom. The molecule has 30 heavy (non-hydrogen) atoms. The molecular weight excluding hydrogens is 392 g/mol. The second kappa shape index (κ2) is 9.09. The normalized spacial score (nSPS) is 15.8. The minimum atomic E-state index is -0.611. The van der Waals surface area contributed by atoms with E-state index < -0.39 is 11.0 Å². The Morgan fingerprint density at radius 3 is 2.33 bits per heavy atom. The molecule has 0 amide bonds. The second-order valence-electron chi connectivity index (χ2n) is 7.37. The largest absolute Gasteiger partial charge is 0.390 e. The summed E-state index contributed by atoms with van der Waals surface area (Å²) in [5.41, 5.74) is 0.0414. The number of benzene rings is 1. The van der Waals surface area contributed by atoms with Crippen molar-refractivity contribution in [1.82, 2.24) is 14.0 Å². The van der Waals surface area contributed by atoms with Crippen molar-refractivity contribution in [2.45, 2.75) is 6.10 Å². The molecule has 162 valence electrons. The summed E-state index contributed by atoms with van der Waals surface area (Å²) >= 11 is 0. The fourth-order valence-corrected chi connectivity index (χ4v) is 3.48. The van der Waals surface area contributed by atoms with Crippen molar-refractivity contribution in [3.63, 3.8) is 0 Å². The highest BCUT2D eigenvalue weighted by molar-refractivity contribution is 5.48. The first kappa shape index (κ1) is 21.5. The van der Waals surface area contributed by atoms with Crippen molar-refractivity contribution in [3.8, 4) is 0 Å². The van der Waals surface area contributed by atoms with Crippen LogP contribution in [0.4, 0.5) is 17.2 Å². The molecule has 0 spiro atoms. The minimum absolute atomic E-state index is 0.0211. The van der Waals surface area contributed by atoms with Gasteiger partial charge >= 0.3 is 5.69 Å².